The van der Waals surface area contributed by atoms with E-state index in [1.54, 1.807) is 12.3 Å². The minimum Gasteiger partial charge on any atom is -0.401 e. The third kappa shape index (κ3) is 20.8. The summed E-state index contributed by atoms with van der Waals surface area (Å²) in [6, 6.07) is 2.89. The van der Waals surface area contributed by atoms with E-state index < -0.39 is 121 Å². The van der Waals surface area contributed by atoms with Gasteiger partial charge in [0.25, 0.3) is 0 Å². The molecule has 1 aromatic heterocycles. The van der Waals surface area contributed by atoms with Gasteiger partial charge in [-0.05, 0) is 74.6 Å². The van der Waals surface area contributed by atoms with Crippen LogP contribution in [0.3, 0.4) is 0 Å². The predicted octanol–water partition coefficient (Wildman–Crippen LogP) is -2.96. The van der Waals surface area contributed by atoms with E-state index in [1.807, 2.05) is 18.2 Å². The molecule has 0 aliphatic carbocycles. The first-order valence-electron chi connectivity index (χ1n) is 25.1. The van der Waals surface area contributed by atoms with Gasteiger partial charge in [0.15, 0.2) is 11.9 Å². The van der Waals surface area contributed by atoms with Crippen molar-refractivity contribution in [3.05, 3.63) is 83.9 Å². The molecule has 27 heteroatoms. The average molecular weight is 1070 g/mol. The summed E-state index contributed by atoms with van der Waals surface area (Å²) >= 11 is 0. The lowest BCUT2D eigenvalue weighted by atomic mass is 10.0. The van der Waals surface area contributed by atoms with Crippen LogP contribution in [0.2, 0.25) is 0 Å². The number of amides is 9. The summed E-state index contributed by atoms with van der Waals surface area (Å²) in [7, 11) is 0. The maximum absolute atomic E-state index is 15.4. The summed E-state index contributed by atoms with van der Waals surface area (Å²) in [6.07, 6.45) is 0.0335. The molecule has 2 aromatic carbocycles. The van der Waals surface area contributed by atoms with Crippen molar-refractivity contribution in [2.75, 3.05) is 19.6 Å². The van der Waals surface area contributed by atoms with E-state index in [0.29, 0.717) is 5.56 Å². The van der Waals surface area contributed by atoms with E-state index in [0.717, 1.165) is 17.0 Å². The van der Waals surface area contributed by atoms with Gasteiger partial charge in [-0.1, -0.05) is 43.0 Å². The molecule has 0 radical (unpaired) electrons. The molecule has 77 heavy (non-hydrogen) atoms. The van der Waals surface area contributed by atoms with Crippen LogP contribution in [0.5, 0.6) is 0 Å². The van der Waals surface area contributed by atoms with E-state index in [2.05, 4.69) is 64.1 Å². The van der Waals surface area contributed by atoms with Crippen molar-refractivity contribution in [1.82, 2.24) is 47.5 Å². The van der Waals surface area contributed by atoms with Gasteiger partial charge in [0.2, 0.25) is 53.2 Å². The third-order valence-electron chi connectivity index (χ3n) is 12.3. The molecule has 2 heterocycles. The molecular weight excluding hydrogens is 1000 g/mol. The van der Waals surface area contributed by atoms with Crippen LogP contribution in [0.25, 0.3) is 10.9 Å². The second-order valence-corrected chi connectivity index (χ2v) is 18.5. The van der Waals surface area contributed by atoms with Gasteiger partial charge in [-0.3, -0.25) is 53.1 Å². The topological polar surface area (TPSA) is 446 Å². The first-order valence-corrected chi connectivity index (χ1v) is 25.1. The number of guanidine groups is 2. The second kappa shape index (κ2) is 30.6. The lowest BCUT2D eigenvalue weighted by Gasteiger charge is -2.28. The molecule has 1 aliphatic rings. The molecule has 0 spiro atoms. The fourth-order valence-electron chi connectivity index (χ4n) is 8.32. The largest absolute Gasteiger partial charge is 0.401 e. The number of nitrogens with two attached hydrogens (primary N) is 6. The Labute approximate surface area is 444 Å². The summed E-state index contributed by atoms with van der Waals surface area (Å²) in [5, 5.41) is 21.9. The standard InChI is InChI=1S/C50H72FN17O9/c1-27(52)33-14-7-21-58-42(71)20-18-38(66-43(72)35(62-28(2)69)15-8-22-59-49(54)55)45(74)65-37(17-19-41(53)70)46(75)67-39(24-29-10-3-5-12-32(29)51)48(77)64-36(16-9-23-60-50(56)57)44(73)68-40(47(76)63-33)25-30-26-61-34-13-6-4-11-31(30)34/h3-6,10-13,26,33,35-40,61H,1,7-9,14-25,52H2,2H3,(H2,53,70)(H,58,71)(H,62,69)(H,63,76)(H,64,77)(H,65,74)(H,66,72)(H,67,75)(H,68,73)(H4,54,55,59)(H4,56,57,60)/t33-,35-,36-,37-,38-,39+,40-/m0/s1. The highest BCUT2D eigenvalue weighted by atomic mass is 19.1. The number of benzene rings is 2. The number of primary amides is 1. The van der Waals surface area contributed by atoms with Gasteiger partial charge in [-0.15, -0.1) is 0 Å². The molecule has 21 N–H and O–H groups in total. The van der Waals surface area contributed by atoms with Crippen molar-refractivity contribution in [2.24, 2.45) is 44.4 Å². The summed E-state index contributed by atoms with van der Waals surface area (Å²) in [6.45, 7) is 5.16. The molecule has 9 amide bonds. The van der Waals surface area contributed by atoms with E-state index in [-0.39, 0.29) is 101 Å². The highest BCUT2D eigenvalue weighted by molar-refractivity contribution is 5.98. The zero-order valence-corrected chi connectivity index (χ0v) is 43.0. The molecule has 0 bridgehead atoms. The average Bonchev–Trinajstić information content (AvgIpc) is 3.78. The normalized spacial score (nSPS) is 20.8. The van der Waals surface area contributed by atoms with Crippen molar-refractivity contribution < 1.29 is 47.5 Å². The Kier molecular flexibility index (Phi) is 24.1. The van der Waals surface area contributed by atoms with Gasteiger partial charge in [0, 0.05) is 75.0 Å². The molecule has 7 atom stereocenters. The highest BCUT2D eigenvalue weighted by Crippen LogP contribution is 2.20. The highest BCUT2D eigenvalue weighted by Gasteiger charge is 2.35. The fourth-order valence-corrected chi connectivity index (χ4v) is 8.32. The molecule has 1 fully saturated rings. The Balaban J connectivity index is 1.80. The Morgan fingerprint density at radius 3 is 1.92 bits per heavy atom. The van der Waals surface area contributed by atoms with Gasteiger partial charge >= 0.3 is 0 Å². The third-order valence-corrected chi connectivity index (χ3v) is 12.3. The maximum Gasteiger partial charge on any atom is 0.243 e. The number of halogens is 1. The molecule has 0 unspecified atom stereocenters. The summed E-state index contributed by atoms with van der Waals surface area (Å²) < 4.78 is 15.4. The van der Waals surface area contributed by atoms with Gasteiger partial charge in [0.05, 0.1) is 6.04 Å². The lowest BCUT2D eigenvalue weighted by molar-refractivity contribution is -0.136. The van der Waals surface area contributed by atoms with Crippen molar-refractivity contribution >= 4 is 76.0 Å². The summed E-state index contributed by atoms with van der Waals surface area (Å²) in [5.74, 6) is -8.73. The number of aromatic nitrogens is 1. The van der Waals surface area contributed by atoms with E-state index in [4.69, 9.17) is 34.4 Å². The molecule has 3 aromatic rings. The number of hydrogen-bond acceptors (Lipinski definition) is 12. The first-order chi connectivity index (χ1) is 36.6. The van der Waals surface area contributed by atoms with Gasteiger partial charge in [-0.25, -0.2) is 4.39 Å². The van der Waals surface area contributed by atoms with E-state index in [9.17, 15) is 43.2 Å². The number of H-pyrrole nitrogens is 1. The predicted molar refractivity (Wildman–Crippen MR) is 284 cm³/mol. The van der Waals surface area contributed by atoms with Crippen LogP contribution in [0.15, 0.2) is 77.0 Å². The molecular formula is C50H72FN17O9. The Morgan fingerprint density at radius 2 is 1.29 bits per heavy atom. The number of carbonyl (C=O) groups excluding carboxylic acids is 9. The number of aromatic amines is 1. The van der Waals surface area contributed by atoms with Crippen LogP contribution in [0.4, 0.5) is 4.39 Å². The lowest BCUT2D eigenvalue weighted by Crippen LogP contribution is -2.60. The second-order valence-electron chi connectivity index (χ2n) is 18.5. The number of nitrogens with one attached hydrogen (secondary N) is 9. The minimum atomic E-state index is -1.69. The SMILES string of the molecule is C=C(N)[C@@H]1CCCNC(=O)CC[C@H](NC(=O)[C@H](CCCN=C(N)N)NC(C)=O)C(=O)N[C@@H](CCC(N)=O)C(=O)N[C@H](Cc2ccccc2F)C(=O)N[C@@H](CCCN=C(N)N)C(=O)N[C@@H](Cc2c[nH]c3ccccc23)C(=O)N1. The summed E-state index contributed by atoms with van der Waals surface area (Å²) in [5.41, 5.74) is 35.1. The van der Waals surface area contributed by atoms with Crippen LogP contribution in [-0.4, -0.2) is 132 Å². The van der Waals surface area contributed by atoms with Gasteiger partial charge in [0.1, 0.15) is 42.1 Å². The number of carbonyl (C=O) groups is 9. The number of nitrogens with zero attached hydrogens (tertiary/aromatic N) is 2. The Bertz CT molecular complexity index is 2650. The monoisotopic (exact) mass is 1070 g/mol. The Morgan fingerprint density at radius 1 is 0.714 bits per heavy atom. The molecule has 0 saturated carbocycles. The van der Waals surface area contributed by atoms with Crippen molar-refractivity contribution in [1.29, 1.82) is 0 Å². The molecule has 418 valence electrons. The van der Waals surface area contributed by atoms with Crippen molar-refractivity contribution in [3.63, 3.8) is 0 Å². The van der Waals surface area contributed by atoms with Crippen molar-refractivity contribution in [2.45, 2.75) is 126 Å². The molecule has 1 aliphatic heterocycles. The molecule has 1 saturated heterocycles. The summed E-state index contributed by atoms with van der Waals surface area (Å²) in [4.78, 5) is 135. The van der Waals surface area contributed by atoms with Crippen LogP contribution >= 0.6 is 0 Å². The van der Waals surface area contributed by atoms with Crippen molar-refractivity contribution in [3.8, 4) is 0 Å². The smallest absolute Gasteiger partial charge is 0.243 e. The van der Waals surface area contributed by atoms with E-state index >= 15 is 4.39 Å². The van der Waals surface area contributed by atoms with Crippen LogP contribution in [0, 0.1) is 5.82 Å². The van der Waals surface area contributed by atoms with Crippen LogP contribution in [-0.2, 0) is 56.0 Å². The minimum absolute atomic E-state index is 0.00628. The number of para-hydroxylation sites is 1. The number of aliphatic imine (C=N–C) groups is 2. The van der Waals surface area contributed by atoms with Crippen LogP contribution in [0.1, 0.15) is 82.3 Å². The maximum atomic E-state index is 15.4. The zero-order valence-electron chi connectivity index (χ0n) is 43.0. The number of hydrogen-bond donors (Lipinski definition) is 15. The Hall–Kier alpha value is -8.78. The molecule has 26 nitrogen and oxygen atoms in total. The number of fused-ring (bicyclic) bond motifs is 1. The van der Waals surface area contributed by atoms with E-state index in [1.165, 1.54) is 25.1 Å². The molecule has 4 rings (SSSR count). The number of rotatable bonds is 19. The van der Waals surface area contributed by atoms with Gasteiger partial charge < -0.3 is 81.9 Å². The van der Waals surface area contributed by atoms with Crippen LogP contribution < -0.4 is 76.9 Å². The fraction of sp³-hybridized carbons (Fsp3) is 0.460. The van der Waals surface area contributed by atoms with Gasteiger partial charge in [-0.2, -0.15) is 0 Å². The quantitative estimate of drug-likeness (QED) is 0.0324. The zero-order chi connectivity index (χ0) is 56.6. The first kappa shape index (κ1) is 60.8.